The van der Waals surface area contributed by atoms with Gasteiger partial charge < -0.3 is 9.47 Å². The van der Waals surface area contributed by atoms with E-state index in [1.54, 1.807) is 24.3 Å². The van der Waals surface area contributed by atoms with E-state index in [0.29, 0.717) is 19.1 Å². The Bertz CT molecular complexity index is 496. The third-order valence-corrected chi connectivity index (χ3v) is 3.80. The molecule has 0 aromatic heterocycles. The number of ether oxygens (including phenoxy) is 2. The maximum absolute atomic E-state index is 12.3. The molecule has 4 nitrogen and oxygen atoms in total. The topological polar surface area (TPSA) is 52.6 Å². The first kappa shape index (κ1) is 19.2. The molecule has 0 fully saturated rings. The fourth-order valence-electron chi connectivity index (χ4n) is 2.28. The van der Waals surface area contributed by atoms with Gasteiger partial charge in [0.2, 0.25) is 0 Å². The van der Waals surface area contributed by atoms with E-state index in [0.717, 1.165) is 32.1 Å². The molecule has 1 aromatic rings. The van der Waals surface area contributed by atoms with E-state index < -0.39 is 11.9 Å². The highest BCUT2D eigenvalue weighted by molar-refractivity contribution is 6.03. The van der Waals surface area contributed by atoms with E-state index >= 15 is 0 Å². The van der Waals surface area contributed by atoms with E-state index in [9.17, 15) is 9.59 Å². The summed E-state index contributed by atoms with van der Waals surface area (Å²) in [6.07, 6.45) is 5.05. The minimum atomic E-state index is -0.475. The fourth-order valence-corrected chi connectivity index (χ4v) is 2.28. The van der Waals surface area contributed by atoms with Crippen LogP contribution in [0.2, 0.25) is 0 Å². The van der Waals surface area contributed by atoms with E-state index in [2.05, 4.69) is 13.8 Å². The molecule has 1 aromatic carbocycles. The van der Waals surface area contributed by atoms with E-state index in [1.807, 2.05) is 6.92 Å². The lowest BCUT2D eigenvalue weighted by molar-refractivity contribution is 0.0406. The van der Waals surface area contributed by atoms with E-state index in [-0.39, 0.29) is 11.1 Å². The highest BCUT2D eigenvalue weighted by Gasteiger charge is 2.19. The molecule has 1 rings (SSSR count). The molecule has 0 saturated carbocycles. The van der Waals surface area contributed by atoms with Crippen LogP contribution in [0.4, 0.5) is 0 Å². The van der Waals surface area contributed by atoms with Crippen molar-refractivity contribution >= 4 is 11.9 Å². The molecule has 128 valence electrons. The van der Waals surface area contributed by atoms with Gasteiger partial charge in [-0.1, -0.05) is 52.2 Å². The predicted octanol–water partition coefficient (Wildman–Crippen LogP) is 4.63. The molecule has 0 amide bonds. The van der Waals surface area contributed by atoms with Crippen LogP contribution in [0, 0.1) is 5.92 Å². The molecular formula is C19H28O4. The third kappa shape index (κ3) is 6.43. The van der Waals surface area contributed by atoms with Gasteiger partial charge in [0.25, 0.3) is 0 Å². The third-order valence-electron chi connectivity index (χ3n) is 3.80. The molecule has 0 N–H and O–H groups in total. The Morgan fingerprint density at radius 2 is 1.57 bits per heavy atom. The van der Waals surface area contributed by atoms with E-state index in [1.165, 1.54) is 0 Å². The summed E-state index contributed by atoms with van der Waals surface area (Å²) in [6.45, 7) is 6.92. The van der Waals surface area contributed by atoms with Gasteiger partial charge in [0.05, 0.1) is 24.3 Å². The minimum Gasteiger partial charge on any atom is -0.462 e. The molecule has 0 radical (unpaired) electrons. The lowest BCUT2D eigenvalue weighted by Gasteiger charge is -2.15. The van der Waals surface area contributed by atoms with Crippen molar-refractivity contribution in [2.24, 2.45) is 5.92 Å². The van der Waals surface area contributed by atoms with Gasteiger partial charge in [-0.2, -0.15) is 0 Å². The Labute approximate surface area is 139 Å². The molecule has 0 aliphatic heterocycles. The second-order valence-electron chi connectivity index (χ2n) is 5.70. The number of unbranched alkanes of at least 4 members (excludes halogenated alkanes) is 1. The highest BCUT2D eigenvalue weighted by Crippen LogP contribution is 2.16. The average molecular weight is 320 g/mol. The molecule has 0 saturated heterocycles. The number of esters is 2. The van der Waals surface area contributed by atoms with Gasteiger partial charge in [0.1, 0.15) is 0 Å². The zero-order valence-corrected chi connectivity index (χ0v) is 14.5. The second-order valence-corrected chi connectivity index (χ2v) is 5.70. The number of hydrogen-bond acceptors (Lipinski definition) is 4. The number of carbonyl (C=O) groups excluding carboxylic acids is 2. The van der Waals surface area contributed by atoms with Crippen molar-refractivity contribution in [2.75, 3.05) is 13.2 Å². The molecule has 23 heavy (non-hydrogen) atoms. The molecule has 0 spiro atoms. The number of carbonyl (C=O) groups is 2. The Morgan fingerprint density at radius 3 is 2.09 bits per heavy atom. The van der Waals surface area contributed by atoms with Gasteiger partial charge in [-0.3, -0.25) is 0 Å². The van der Waals surface area contributed by atoms with Crippen molar-refractivity contribution < 1.29 is 19.1 Å². The largest absolute Gasteiger partial charge is 0.462 e. The first-order valence-corrected chi connectivity index (χ1v) is 8.57. The van der Waals surface area contributed by atoms with Crippen LogP contribution in [0.1, 0.15) is 73.6 Å². The van der Waals surface area contributed by atoms with Crippen molar-refractivity contribution in [1.29, 1.82) is 0 Å². The Balaban J connectivity index is 2.70. The maximum Gasteiger partial charge on any atom is 0.339 e. The van der Waals surface area contributed by atoms with Gasteiger partial charge in [-0.05, 0) is 30.9 Å². The van der Waals surface area contributed by atoms with Crippen molar-refractivity contribution in [3.05, 3.63) is 35.4 Å². The molecule has 0 heterocycles. The standard InChI is InChI=1S/C19H28O4/c1-4-7-10-15(6-3)14-23-19(21)17-12-9-8-11-16(17)18(20)22-13-5-2/h8-9,11-12,15H,4-7,10,13-14H2,1-3H3. The molecule has 4 heteroatoms. The van der Waals surface area contributed by atoms with Gasteiger partial charge >= 0.3 is 11.9 Å². The molecule has 1 atom stereocenters. The zero-order chi connectivity index (χ0) is 17.1. The van der Waals surface area contributed by atoms with Crippen LogP contribution in [0.15, 0.2) is 24.3 Å². The predicted molar refractivity (Wildman–Crippen MR) is 90.6 cm³/mol. The number of rotatable bonds is 10. The summed E-state index contributed by atoms with van der Waals surface area (Å²) in [7, 11) is 0. The van der Waals surface area contributed by atoms with Crippen LogP contribution in [0.3, 0.4) is 0 Å². The monoisotopic (exact) mass is 320 g/mol. The SMILES string of the molecule is CCCCC(CC)COC(=O)c1ccccc1C(=O)OCCC. The normalized spacial score (nSPS) is 11.8. The number of hydrogen-bond donors (Lipinski definition) is 0. The molecule has 0 bridgehead atoms. The first-order valence-electron chi connectivity index (χ1n) is 8.57. The quantitative estimate of drug-likeness (QED) is 0.590. The molecule has 0 aliphatic carbocycles. The number of benzene rings is 1. The van der Waals surface area contributed by atoms with Crippen LogP contribution in [0.25, 0.3) is 0 Å². The Morgan fingerprint density at radius 1 is 0.957 bits per heavy atom. The smallest absolute Gasteiger partial charge is 0.339 e. The summed E-state index contributed by atoms with van der Waals surface area (Å²) in [6, 6.07) is 6.65. The summed E-state index contributed by atoms with van der Waals surface area (Å²) in [4.78, 5) is 24.3. The van der Waals surface area contributed by atoms with Crippen molar-refractivity contribution in [1.82, 2.24) is 0 Å². The summed E-state index contributed by atoms with van der Waals surface area (Å²) < 4.78 is 10.5. The average Bonchev–Trinajstić information content (AvgIpc) is 2.59. The van der Waals surface area contributed by atoms with Gasteiger partial charge in [-0.15, -0.1) is 0 Å². The van der Waals surface area contributed by atoms with Crippen LogP contribution >= 0.6 is 0 Å². The lowest BCUT2D eigenvalue weighted by Crippen LogP contribution is -2.17. The van der Waals surface area contributed by atoms with Gasteiger partial charge in [0.15, 0.2) is 0 Å². The summed E-state index contributed by atoms with van der Waals surface area (Å²) >= 11 is 0. The van der Waals surface area contributed by atoms with Crippen molar-refractivity contribution in [3.63, 3.8) is 0 Å². The van der Waals surface area contributed by atoms with Crippen LogP contribution in [0.5, 0.6) is 0 Å². The van der Waals surface area contributed by atoms with Crippen LogP contribution in [-0.4, -0.2) is 25.2 Å². The summed E-state index contributed by atoms with van der Waals surface area (Å²) in [5.41, 5.74) is 0.548. The maximum atomic E-state index is 12.3. The molecule has 0 aliphatic rings. The fraction of sp³-hybridized carbons (Fsp3) is 0.579. The van der Waals surface area contributed by atoms with Gasteiger partial charge in [-0.25, -0.2) is 9.59 Å². The van der Waals surface area contributed by atoms with Crippen LogP contribution in [-0.2, 0) is 9.47 Å². The lowest BCUT2D eigenvalue weighted by atomic mass is 10.0. The highest BCUT2D eigenvalue weighted by atomic mass is 16.5. The van der Waals surface area contributed by atoms with Crippen LogP contribution < -0.4 is 0 Å². The minimum absolute atomic E-state index is 0.271. The first-order chi connectivity index (χ1) is 11.1. The Kier molecular flexibility index (Phi) is 9.03. The zero-order valence-electron chi connectivity index (χ0n) is 14.5. The summed E-state index contributed by atoms with van der Waals surface area (Å²) in [5.74, 6) is -0.556. The Hall–Kier alpha value is -1.84. The molecule has 1 unspecified atom stereocenters. The molecular weight excluding hydrogens is 292 g/mol. The van der Waals surface area contributed by atoms with E-state index in [4.69, 9.17) is 9.47 Å². The van der Waals surface area contributed by atoms with Gasteiger partial charge in [0, 0.05) is 0 Å². The second kappa shape index (κ2) is 10.8. The van der Waals surface area contributed by atoms with Crippen molar-refractivity contribution in [3.8, 4) is 0 Å². The van der Waals surface area contributed by atoms with Crippen molar-refractivity contribution in [2.45, 2.75) is 52.9 Å². The summed E-state index contributed by atoms with van der Waals surface area (Å²) in [5, 5.41) is 0.